The molecule has 3 N–H and O–H groups in total. The van der Waals surface area contributed by atoms with Crippen LogP contribution in [0.2, 0.25) is 0 Å². The Hall–Kier alpha value is -3.05. The van der Waals surface area contributed by atoms with Gasteiger partial charge in [-0.1, -0.05) is 64.7 Å². The maximum atomic E-state index is 12.4. The fraction of sp³-hybridized carbons (Fsp3) is 0.844. The fourth-order valence-electron chi connectivity index (χ4n) is 3.98. The summed E-state index contributed by atoms with van der Waals surface area (Å²) in [5.74, 6) is -1.61. The Labute approximate surface area is 264 Å². The van der Waals surface area contributed by atoms with Gasteiger partial charge in [-0.05, 0) is 60.8 Å². The maximum Gasteiger partial charge on any atom is 0.408 e. The summed E-state index contributed by atoms with van der Waals surface area (Å²) < 4.78 is 20.8. The Morgan fingerprint density at radius 1 is 0.614 bits per heavy atom. The lowest BCUT2D eigenvalue weighted by Gasteiger charge is -2.21. The van der Waals surface area contributed by atoms with Crippen molar-refractivity contribution < 1.29 is 42.9 Å². The number of ether oxygens (including phenoxy) is 4. The van der Waals surface area contributed by atoms with E-state index in [0.29, 0.717) is 13.0 Å². The Morgan fingerprint density at radius 3 is 1.59 bits per heavy atom. The van der Waals surface area contributed by atoms with Crippen LogP contribution >= 0.6 is 0 Å². The van der Waals surface area contributed by atoms with Crippen molar-refractivity contribution >= 4 is 30.0 Å². The first-order valence-electron chi connectivity index (χ1n) is 16.2. The number of carbonyl (C=O) groups excluding carboxylic acids is 5. The molecule has 0 heterocycles. The van der Waals surface area contributed by atoms with E-state index in [9.17, 15) is 24.0 Å². The number of hydrogen-bond acceptors (Lipinski definition) is 9. The zero-order valence-electron chi connectivity index (χ0n) is 28.3. The maximum absolute atomic E-state index is 12.4. The summed E-state index contributed by atoms with van der Waals surface area (Å²) in [4.78, 5) is 60.4. The molecule has 12 nitrogen and oxygen atoms in total. The van der Waals surface area contributed by atoms with Gasteiger partial charge in [-0.25, -0.2) is 9.59 Å². The highest BCUT2D eigenvalue weighted by Gasteiger charge is 2.21. The Morgan fingerprint density at radius 2 is 1.09 bits per heavy atom. The molecular formula is C32H59N3O9. The van der Waals surface area contributed by atoms with Gasteiger partial charge in [0.2, 0.25) is 5.91 Å². The molecular weight excluding hydrogens is 570 g/mol. The molecule has 0 aliphatic rings. The molecule has 0 aromatic heterocycles. The first-order valence-corrected chi connectivity index (χ1v) is 16.2. The van der Waals surface area contributed by atoms with E-state index in [1.165, 1.54) is 51.4 Å². The molecule has 1 atom stereocenters. The van der Waals surface area contributed by atoms with E-state index in [0.717, 1.165) is 12.8 Å². The number of nitrogens with one attached hydrogen (secondary N) is 3. The summed E-state index contributed by atoms with van der Waals surface area (Å²) in [6.45, 7) is 11.8. The molecule has 0 radical (unpaired) electrons. The lowest BCUT2D eigenvalue weighted by atomic mass is 10.1. The van der Waals surface area contributed by atoms with Crippen LogP contribution in [0.5, 0.6) is 0 Å². The van der Waals surface area contributed by atoms with Crippen molar-refractivity contribution in [2.24, 2.45) is 0 Å². The molecule has 44 heavy (non-hydrogen) atoms. The molecule has 0 spiro atoms. The largest absolute Gasteiger partial charge is 0.460 e. The van der Waals surface area contributed by atoms with Crippen molar-refractivity contribution in [3.05, 3.63) is 0 Å². The number of rotatable bonds is 22. The molecule has 3 amide bonds. The van der Waals surface area contributed by atoms with Crippen LogP contribution in [0.15, 0.2) is 0 Å². The Kier molecular flexibility index (Phi) is 21.7. The average molecular weight is 630 g/mol. The summed E-state index contributed by atoms with van der Waals surface area (Å²) in [5.41, 5.74) is -1.45. The molecule has 0 unspecified atom stereocenters. The quantitative estimate of drug-likeness (QED) is 0.0776. The summed E-state index contributed by atoms with van der Waals surface area (Å²) in [6.07, 6.45) is 10.7. The molecule has 12 heteroatoms. The van der Waals surface area contributed by atoms with Gasteiger partial charge < -0.3 is 34.9 Å². The zero-order valence-corrected chi connectivity index (χ0v) is 28.3. The summed E-state index contributed by atoms with van der Waals surface area (Å²) in [7, 11) is 0. The third-order valence-electron chi connectivity index (χ3n) is 6.06. The van der Waals surface area contributed by atoms with E-state index in [2.05, 4.69) is 22.9 Å². The topological polar surface area (TPSA) is 158 Å². The van der Waals surface area contributed by atoms with Crippen LogP contribution in [0, 0.1) is 0 Å². The van der Waals surface area contributed by atoms with Crippen molar-refractivity contribution in [2.45, 2.75) is 149 Å². The second-order valence-electron chi connectivity index (χ2n) is 12.9. The smallest absolute Gasteiger partial charge is 0.408 e. The van der Waals surface area contributed by atoms with Crippen LogP contribution in [-0.4, -0.2) is 73.6 Å². The van der Waals surface area contributed by atoms with Gasteiger partial charge in [-0.15, -0.1) is 0 Å². The summed E-state index contributed by atoms with van der Waals surface area (Å²) in [5, 5.41) is 7.55. The van der Waals surface area contributed by atoms with E-state index in [1.54, 1.807) is 41.5 Å². The van der Waals surface area contributed by atoms with Gasteiger partial charge in [-0.2, -0.15) is 0 Å². The number of alkyl carbamates (subject to hydrolysis) is 2. The van der Waals surface area contributed by atoms with Crippen molar-refractivity contribution in [2.75, 3.05) is 26.2 Å². The van der Waals surface area contributed by atoms with Gasteiger partial charge in [0.25, 0.3) is 0 Å². The minimum atomic E-state index is -0.858. The second-order valence-corrected chi connectivity index (χ2v) is 12.9. The first kappa shape index (κ1) is 41.0. The predicted molar refractivity (Wildman–Crippen MR) is 168 cm³/mol. The van der Waals surface area contributed by atoms with Crippen LogP contribution in [0.3, 0.4) is 0 Å². The van der Waals surface area contributed by atoms with Crippen LogP contribution in [-0.2, 0) is 33.3 Å². The predicted octanol–water partition coefficient (Wildman–Crippen LogP) is 5.70. The highest BCUT2D eigenvalue weighted by atomic mass is 16.6. The number of carbonyl (C=O) groups is 5. The third-order valence-corrected chi connectivity index (χ3v) is 6.06. The molecule has 256 valence electrons. The summed E-state index contributed by atoms with van der Waals surface area (Å²) in [6, 6.07) is 0. The molecule has 0 aliphatic heterocycles. The van der Waals surface area contributed by atoms with E-state index >= 15 is 0 Å². The van der Waals surface area contributed by atoms with Gasteiger partial charge in [-0.3, -0.25) is 14.4 Å². The second kappa shape index (κ2) is 23.3. The number of unbranched alkanes of at least 4 members (excludes halogenated alkanes) is 9. The van der Waals surface area contributed by atoms with Crippen molar-refractivity contribution in [1.82, 2.24) is 16.0 Å². The fourth-order valence-corrected chi connectivity index (χ4v) is 3.98. The van der Waals surface area contributed by atoms with E-state index in [4.69, 9.17) is 18.9 Å². The molecule has 0 aliphatic carbocycles. The number of esters is 2. The van der Waals surface area contributed by atoms with E-state index in [1.807, 2.05) is 0 Å². The number of hydrogen-bond donors (Lipinski definition) is 3. The van der Waals surface area contributed by atoms with Crippen LogP contribution in [0.25, 0.3) is 0 Å². The van der Waals surface area contributed by atoms with Crippen molar-refractivity contribution in [1.29, 1.82) is 0 Å². The minimum Gasteiger partial charge on any atom is -0.460 e. The van der Waals surface area contributed by atoms with E-state index < -0.39 is 54.5 Å². The molecule has 0 rings (SSSR count). The minimum absolute atomic E-state index is 0.101. The highest BCUT2D eigenvalue weighted by Crippen LogP contribution is 2.11. The lowest BCUT2D eigenvalue weighted by molar-refractivity contribution is -0.158. The van der Waals surface area contributed by atoms with Gasteiger partial charge in [0.1, 0.15) is 37.0 Å². The third kappa shape index (κ3) is 27.8. The molecule has 0 saturated heterocycles. The Bertz CT molecular complexity index is 851. The average Bonchev–Trinajstić information content (AvgIpc) is 2.90. The molecule has 0 aromatic carbocycles. The first-order chi connectivity index (χ1) is 20.6. The normalized spacial score (nSPS) is 12.1. The van der Waals surface area contributed by atoms with Gasteiger partial charge in [0.15, 0.2) is 0 Å². The van der Waals surface area contributed by atoms with Crippen LogP contribution in [0.1, 0.15) is 132 Å². The highest BCUT2D eigenvalue weighted by molar-refractivity contribution is 5.79. The Balaban J connectivity index is 4.53. The molecule has 0 fully saturated rings. The van der Waals surface area contributed by atoms with Crippen molar-refractivity contribution in [3.63, 3.8) is 0 Å². The molecule has 0 bridgehead atoms. The van der Waals surface area contributed by atoms with Gasteiger partial charge >= 0.3 is 24.1 Å². The SMILES string of the molecule is CCCCCCCCCCCCNC(=O)CCC[C@H](COC(=O)CNC(=O)OC(C)(C)C)OC(=O)CNC(=O)OC(C)(C)C. The number of amides is 3. The van der Waals surface area contributed by atoms with Gasteiger partial charge in [0.05, 0.1) is 0 Å². The lowest BCUT2D eigenvalue weighted by Crippen LogP contribution is -2.38. The standard InChI is InChI=1S/C32H59N3O9/c1-8-9-10-11-12-13-14-15-16-17-21-33-26(36)20-18-19-25(42-28(38)23-35-30(40)44-32(5,6)7)24-41-27(37)22-34-29(39)43-31(2,3)4/h25H,8-24H2,1-7H3,(H,33,36)(H,34,39)(H,35,40)/t25-/m1/s1. The monoisotopic (exact) mass is 629 g/mol. The van der Waals surface area contributed by atoms with E-state index in [-0.39, 0.29) is 25.4 Å². The van der Waals surface area contributed by atoms with Crippen LogP contribution < -0.4 is 16.0 Å². The van der Waals surface area contributed by atoms with Crippen LogP contribution in [0.4, 0.5) is 9.59 Å². The molecule has 0 aromatic rings. The molecule has 0 saturated carbocycles. The van der Waals surface area contributed by atoms with Gasteiger partial charge in [0, 0.05) is 13.0 Å². The summed E-state index contributed by atoms with van der Waals surface area (Å²) >= 11 is 0. The zero-order chi connectivity index (χ0) is 33.4. The van der Waals surface area contributed by atoms with Crippen molar-refractivity contribution in [3.8, 4) is 0 Å².